The first-order chi connectivity index (χ1) is 9.09. The maximum Gasteiger partial charge on any atom is 0.0956 e. The molecule has 0 spiro atoms. The van der Waals surface area contributed by atoms with Gasteiger partial charge < -0.3 is 9.67 Å². The van der Waals surface area contributed by atoms with Gasteiger partial charge in [0.25, 0.3) is 0 Å². The Morgan fingerprint density at radius 3 is 2.84 bits per heavy atom. The highest BCUT2D eigenvalue weighted by atomic mass is 16.3. The molecule has 98 valence electrons. The van der Waals surface area contributed by atoms with Crippen molar-refractivity contribution < 1.29 is 5.11 Å². The van der Waals surface area contributed by atoms with E-state index in [0.29, 0.717) is 0 Å². The smallest absolute Gasteiger partial charge is 0.0956 e. The van der Waals surface area contributed by atoms with Gasteiger partial charge in [0.2, 0.25) is 0 Å². The second kappa shape index (κ2) is 3.48. The van der Waals surface area contributed by atoms with E-state index in [1.54, 1.807) is 0 Å². The molecule has 4 rings (SSSR count). The molecule has 0 bridgehead atoms. The summed E-state index contributed by atoms with van der Waals surface area (Å²) in [5.74, 6) is 0.268. The third-order valence-corrected chi connectivity index (χ3v) is 4.91. The van der Waals surface area contributed by atoms with Crippen molar-refractivity contribution in [2.75, 3.05) is 0 Å². The van der Waals surface area contributed by atoms with E-state index in [9.17, 15) is 5.11 Å². The predicted molar refractivity (Wildman–Crippen MR) is 73.7 cm³/mol. The Labute approximate surface area is 112 Å². The van der Waals surface area contributed by atoms with Gasteiger partial charge in [-0.25, -0.2) is 4.98 Å². The molecule has 1 aromatic carbocycles. The van der Waals surface area contributed by atoms with Crippen LogP contribution in [0.4, 0.5) is 0 Å². The number of aliphatic hydroxyl groups excluding tert-OH is 1. The Morgan fingerprint density at radius 1 is 1.32 bits per heavy atom. The summed E-state index contributed by atoms with van der Waals surface area (Å²) in [7, 11) is 0. The molecule has 1 aromatic heterocycles. The molecule has 2 heterocycles. The molecule has 1 aliphatic carbocycles. The minimum Gasteiger partial charge on any atom is -0.393 e. The highest BCUT2D eigenvalue weighted by Gasteiger charge is 2.53. The minimum absolute atomic E-state index is 0.184. The number of fused-ring (bicyclic) bond motifs is 3. The molecule has 1 aliphatic heterocycles. The fourth-order valence-electron chi connectivity index (χ4n) is 4.04. The predicted octanol–water partition coefficient (Wildman–Crippen LogP) is 2.86. The van der Waals surface area contributed by atoms with E-state index in [2.05, 4.69) is 47.7 Å². The Balaban J connectivity index is 1.90. The molecule has 1 N–H and O–H groups in total. The molecule has 0 radical (unpaired) electrons. The lowest BCUT2D eigenvalue weighted by Gasteiger charge is -2.52. The fourth-order valence-corrected chi connectivity index (χ4v) is 4.04. The second-order valence-corrected chi connectivity index (χ2v) is 6.50. The monoisotopic (exact) mass is 254 g/mol. The second-order valence-electron chi connectivity index (χ2n) is 6.50. The number of aliphatic hydroxyl groups is 1. The summed E-state index contributed by atoms with van der Waals surface area (Å²) in [5.41, 5.74) is 3.95. The van der Waals surface area contributed by atoms with Gasteiger partial charge in [-0.1, -0.05) is 38.1 Å². The van der Waals surface area contributed by atoms with Gasteiger partial charge in [0, 0.05) is 11.5 Å². The summed E-state index contributed by atoms with van der Waals surface area (Å²) >= 11 is 0. The minimum atomic E-state index is -0.207. The van der Waals surface area contributed by atoms with E-state index in [-0.39, 0.29) is 23.5 Å². The van der Waals surface area contributed by atoms with Crippen LogP contribution in [0.2, 0.25) is 0 Å². The maximum absolute atomic E-state index is 10.3. The van der Waals surface area contributed by atoms with Crippen molar-refractivity contribution in [3.63, 3.8) is 0 Å². The number of hydrogen-bond acceptors (Lipinski definition) is 2. The van der Waals surface area contributed by atoms with Crippen LogP contribution in [-0.4, -0.2) is 20.8 Å². The Bertz CT molecular complexity index is 644. The summed E-state index contributed by atoms with van der Waals surface area (Å²) in [5, 5.41) is 10.3. The Hall–Kier alpha value is -1.61. The summed E-state index contributed by atoms with van der Waals surface area (Å²) in [6, 6.07) is 8.73. The molecule has 0 saturated heterocycles. The number of benzene rings is 1. The standard InChI is InChI=1S/C16H18N2O/c1-16(2)7-13(19)14(16)15-11-6-4-3-5-10(11)12-8-17-9-18(12)15/h3-6,8-9,13-15,19H,7H2,1-2H3/t13-,14+,15-/m1/s1. The van der Waals surface area contributed by atoms with Gasteiger partial charge in [0.15, 0.2) is 0 Å². The van der Waals surface area contributed by atoms with Crippen molar-refractivity contribution in [1.82, 2.24) is 9.55 Å². The lowest BCUT2D eigenvalue weighted by atomic mass is 9.57. The summed E-state index contributed by atoms with van der Waals surface area (Å²) in [6.45, 7) is 4.50. The van der Waals surface area contributed by atoms with Crippen LogP contribution in [0.1, 0.15) is 31.9 Å². The third-order valence-electron chi connectivity index (χ3n) is 4.91. The molecule has 3 atom stereocenters. The van der Waals surface area contributed by atoms with Gasteiger partial charge in [-0.2, -0.15) is 0 Å². The average Bonchev–Trinajstić information content (AvgIpc) is 2.92. The van der Waals surface area contributed by atoms with E-state index in [1.165, 1.54) is 16.8 Å². The highest BCUT2D eigenvalue weighted by Crippen LogP contribution is 2.56. The van der Waals surface area contributed by atoms with E-state index in [0.717, 1.165) is 6.42 Å². The van der Waals surface area contributed by atoms with Gasteiger partial charge in [-0.15, -0.1) is 0 Å². The largest absolute Gasteiger partial charge is 0.393 e. The quantitative estimate of drug-likeness (QED) is 0.849. The fraction of sp³-hybridized carbons (Fsp3) is 0.438. The number of rotatable bonds is 1. The van der Waals surface area contributed by atoms with Crippen LogP contribution in [0.15, 0.2) is 36.8 Å². The van der Waals surface area contributed by atoms with Gasteiger partial charge in [0.1, 0.15) is 0 Å². The van der Waals surface area contributed by atoms with Crippen LogP contribution < -0.4 is 0 Å². The first kappa shape index (κ1) is 11.2. The van der Waals surface area contributed by atoms with E-state index >= 15 is 0 Å². The van der Waals surface area contributed by atoms with Crippen LogP contribution in [-0.2, 0) is 0 Å². The molecule has 1 fully saturated rings. The molecule has 2 aliphatic rings. The van der Waals surface area contributed by atoms with Gasteiger partial charge in [-0.05, 0) is 17.4 Å². The number of nitrogens with zero attached hydrogens (tertiary/aromatic N) is 2. The number of hydrogen-bond donors (Lipinski definition) is 1. The van der Waals surface area contributed by atoms with Crippen LogP contribution in [0.3, 0.4) is 0 Å². The van der Waals surface area contributed by atoms with Crippen molar-refractivity contribution in [3.8, 4) is 11.3 Å². The summed E-state index contributed by atoms with van der Waals surface area (Å²) in [4.78, 5) is 4.29. The zero-order valence-corrected chi connectivity index (χ0v) is 11.2. The van der Waals surface area contributed by atoms with E-state index in [1.807, 2.05) is 12.5 Å². The SMILES string of the molecule is CC1(C)C[C@@H](O)[C@H]1[C@H]1c2ccccc2-c2cncn21. The zero-order chi connectivity index (χ0) is 13.2. The Morgan fingerprint density at radius 2 is 2.11 bits per heavy atom. The summed E-state index contributed by atoms with van der Waals surface area (Å²) < 4.78 is 2.24. The molecule has 19 heavy (non-hydrogen) atoms. The molecular weight excluding hydrogens is 236 g/mol. The van der Waals surface area contributed by atoms with E-state index < -0.39 is 0 Å². The van der Waals surface area contributed by atoms with Gasteiger partial charge >= 0.3 is 0 Å². The number of aromatic nitrogens is 2. The molecule has 1 saturated carbocycles. The van der Waals surface area contributed by atoms with Crippen LogP contribution in [0.5, 0.6) is 0 Å². The van der Waals surface area contributed by atoms with Crippen molar-refractivity contribution in [2.24, 2.45) is 11.3 Å². The lowest BCUT2D eigenvalue weighted by molar-refractivity contribution is -0.103. The van der Waals surface area contributed by atoms with Crippen molar-refractivity contribution >= 4 is 0 Å². The summed E-state index contributed by atoms with van der Waals surface area (Å²) in [6.07, 6.45) is 4.51. The first-order valence-electron chi connectivity index (χ1n) is 6.89. The first-order valence-corrected chi connectivity index (χ1v) is 6.89. The zero-order valence-electron chi connectivity index (χ0n) is 11.2. The molecule has 0 unspecified atom stereocenters. The molecule has 0 amide bonds. The van der Waals surface area contributed by atoms with Gasteiger partial charge in [-0.3, -0.25) is 0 Å². The van der Waals surface area contributed by atoms with E-state index in [4.69, 9.17) is 0 Å². The van der Waals surface area contributed by atoms with Crippen LogP contribution >= 0.6 is 0 Å². The maximum atomic E-state index is 10.3. The van der Waals surface area contributed by atoms with Crippen LogP contribution in [0.25, 0.3) is 11.3 Å². The number of imidazole rings is 1. The molecular formula is C16H18N2O. The van der Waals surface area contributed by atoms with Crippen molar-refractivity contribution in [2.45, 2.75) is 32.4 Å². The van der Waals surface area contributed by atoms with Crippen molar-refractivity contribution in [1.29, 1.82) is 0 Å². The molecule has 2 aromatic rings. The molecule has 3 nitrogen and oxygen atoms in total. The normalized spacial score (nSPS) is 30.6. The lowest BCUT2D eigenvalue weighted by Crippen LogP contribution is -2.51. The van der Waals surface area contributed by atoms with Crippen molar-refractivity contribution in [3.05, 3.63) is 42.4 Å². The molecule has 3 heteroatoms. The topological polar surface area (TPSA) is 38.1 Å². The Kier molecular flexibility index (Phi) is 2.06. The highest BCUT2D eigenvalue weighted by molar-refractivity contribution is 5.69. The third kappa shape index (κ3) is 1.34. The van der Waals surface area contributed by atoms with Crippen LogP contribution in [0, 0.1) is 11.3 Å². The average molecular weight is 254 g/mol. The van der Waals surface area contributed by atoms with Gasteiger partial charge in [0.05, 0.1) is 30.4 Å².